The van der Waals surface area contributed by atoms with Gasteiger partial charge >= 0.3 is 6.09 Å². The lowest BCUT2D eigenvalue weighted by Gasteiger charge is -2.29. The third-order valence-corrected chi connectivity index (χ3v) is 7.94. The van der Waals surface area contributed by atoms with Crippen LogP contribution in [0.15, 0.2) is 29.8 Å². The van der Waals surface area contributed by atoms with Gasteiger partial charge in [0.2, 0.25) is 5.91 Å². The van der Waals surface area contributed by atoms with Crippen molar-refractivity contribution in [2.75, 3.05) is 33.2 Å². The number of aryl methyl sites for hydroxylation is 1. The molecule has 12 heteroatoms. The topological polar surface area (TPSA) is 148 Å². The molecular formula is C40H65ClN6O5. The number of hydrogen-bond donors (Lipinski definition) is 4. The number of hydrogen-bond acceptors (Lipinski definition) is 6. The summed E-state index contributed by atoms with van der Waals surface area (Å²) in [4.78, 5) is 60.5. The minimum Gasteiger partial charge on any atom is -0.465 e. The number of aromatic nitrogens is 2. The fourth-order valence-electron chi connectivity index (χ4n) is 4.94. The number of carboxylic acid groups (broad SMARTS) is 1. The molecule has 2 unspecified atom stereocenters. The molecule has 292 valence electrons. The van der Waals surface area contributed by atoms with E-state index in [9.17, 15) is 19.2 Å². The summed E-state index contributed by atoms with van der Waals surface area (Å²) in [6.45, 7) is 21.5. The molecule has 52 heavy (non-hydrogen) atoms. The Morgan fingerprint density at radius 2 is 1.71 bits per heavy atom. The van der Waals surface area contributed by atoms with Gasteiger partial charge in [0, 0.05) is 42.2 Å². The highest BCUT2D eigenvalue weighted by Gasteiger charge is 2.24. The molecule has 2 aromatic rings. The van der Waals surface area contributed by atoms with Gasteiger partial charge in [0.1, 0.15) is 12.1 Å². The van der Waals surface area contributed by atoms with Gasteiger partial charge < -0.3 is 30.5 Å². The van der Waals surface area contributed by atoms with Gasteiger partial charge in [-0.2, -0.15) is 0 Å². The average molecular weight is 745 g/mol. The Hall–Kier alpha value is -3.96. The van der Waals surface area contributed by atoms with Crippen molar-refractivity contribution in [3.8, 4) is 0 Å². The largest absolute Gasteiger partial charge is 0.465 e. The van der Waals surface area contributed by atoms with Gasteiger partial charge in [-0.15, -0.1) is 0 Å². The second kappa shape index (κ2) is 27.7. The molecule has 1 aromatic heterocycles. The summed E-state index contributed by atoms with van der Waals surface area (Å²) in [5, 5.41) is 14.3. The van der Waals surface area contributed by atoms with Gasteiger partial charge in [-0.05, 0) is 102 Å². The Balaban J connectivity index is 0.00000205. The molecule has 3 amide bonds. The maximum Gasteiger partial charge on any atom is 0.404 e. The van der Waals surface area contributed by atoms with E-state index in [-0.39, 0.29) is 30.8 Å². The summed E-state index contributed by atoms with van der Waals surface area (Å²) in [7, 11) is 2.14. The Labute approximate surface area is 317 Å². The number of nitrogens with zero attached hydrogens (tertiary/aromatic N) is 3. The highest BCUT2D eigenvalue weighted by molar-refractivity contribution is 6.27. The Morgan fingerprint density at radius 1 is 1.04 bits per heavy atom. The van der Waals surface area contributed by atoms with Crippen molar-refractivity contribution in [2.45, 2.75) is 113 Å². The van der Waals surface area contributed by atoms with Crippen LogP contribution in [0.2, 0.25) is 0 Å². The Bertz CT molecular complexity index is 1370. The zero-order valence-corrected chi connectivity index (χ0v) is 34.0. The molecule has 1 aromatic carbocycles. The van der Waals surface area contributed by atoms with Crippen molar-refractivity contribution in [3.63, 3.8) is 0 Å². The zero-order valence-electron chi connectivity index (χ0n) is 33.2. The molecule has 0 saturated heterocycles. The number of allylic oxidation sites excluding steroid dienone is 1. The first-order valence-electron chi connectivity index (χ1n) is 18.5. The van der Waals surface area contributed by atoms with E-state index in [2.05, 4.69) is 67.2 Å². The zero-order chi connectivity index (χ0) is 39.6. The number of imidazole rings is 1. The fraction of sp³-hybridized carbons (Fsp3) is 0.575. The van der Waals surface area contributed by atoms with Crippen LogP contribution in [0.1, 0.15) is 143 Å². The molecule has 0 aliphatic carbocycles. The van der Waals surface area contributed by atoms with Crippen molar-refractivity contribution in [3.05, 3.63) is 63.7 Å². The van der Waals surface area contributed by atoms with E-state index in [0.717, 1.165) is 30.7 Å². The summed E-state index contributed by atoms with van der Waals surface area (Å²) in [5.41, 5.74) is 4.31. The van der Waals surface area contributed by atoms with Crippen LogP contribution in [0.4, 0.5) is 4.79 Å². The van der Waals surface area contributed by atoms with Gasteiger partial charge in [-0.25, -0.2) is 9.78 Å². The molecule has 2 atom stereocenters. The Morgan fingerprint density at radius 3 is 2.21 bits per heavy atom. The number of aldehydes is 1. The minimum absolute atomic E-state index is 0.0805. The fourth-order valence-corrected chi connectivity index (χ4v) is 5.06. The maximum absolute atomic E-state index is 13.2. The van der Waals surface area contributed by atoms with E-state index < -0.39 is 12.1 Å². The second-order valence-corrected chi connectivity index (χ2v) is 13.7. The van der Waals surface area contributed by atoms with Gasteiger partial charge in [0.05, 0.1) is 17.4 Å². The second-order valence-electron chi connectivity index (χ2n) is 13.4. The third kappa shape index (κ3) is 19.6. The summed E-state index contributed by atoms with van der Waals surface area (Å²) in [6, 6.07) is 4.03. The first-order valence-corrected chi connectivity index (χ1v) is 18.9. The average Bonchev–Trinajstić information content (AvgIpc) is 3.49. The first-order chi connectivity index (χ1) is 24.7. The highest BCUT2D eigenvalue weighted by atomic mass is 35.5. The molecule has 0 aliphatic heterocycles. The van der Waals surface area contributed by atoms with Gasteiger partial charge in [-0.1, -0.05) is 71.7 Å². The monoisotopic (exact) mass is 744 g/mol. The number of benzene rings is 1. The number of aromatic amines is 1. The molecule has 0 bridgehead atoms. The number of carbonyl (C=O) groups excluding carboxylic acids is 3. The van der Waals surface area contributed by atoms with E-state index >= 15 is 0 Å². The smallest absolute Gasteiger partial charge is 0.404 e. The SMILES string of the molecule is C/C=C\c1[nH]c(C(CCCC(=O)N(CCCC)C(C)CNC(=O)O)NC(=O)c2ccc(C=O)c(C)c2)nc1/C=C/Cl.CC(C)C.CCCN(C)CC. The van der Waals surface area contributed by atoms with Crippen LogP contribution >= 0.6 is 11.6 Å². The summed E-state index contributed by atoms with van der Waals surface area (Å²) < 4.78 is 0. The van der Waals surface area contributed by atoms with Crippen LogP contribution in [0.3, 0.4) is 0 Å². The summed E-state index contributed by atoms with van der Waals surface area (Å²) >= 11 is 5.82. The molecule has 0 spiro atoms. The minimum atomic E-state index is -1.13. The van der Waals surface area contributed by atoms with Crippen molar-refractivity contribution in [1.29, 1.82) is 0 Å². The molecule has 0 saturated carbocycles. The quantitative estimate of drug-likeness (QED) is 0.105. The number of nitrogens with one attached hydrogen (secondary N) is 3. The third-order valence-electron chi connectivity index (χ3n) is 7.81. The molecule has 0 radical (unpaired) electrons. The van der Waals surface area contributed by atoms with Crippen molar-refractivity contribution < 1.29 is 24.3 Å². The van der Waals surface area contributed by atoms with Crippen LogP contribution in [-0.2, 0) is 4.79 Å². The van der Waals surface area contributed by atoms with E-state index in [4.69, 9.17) is 16.7 Å². The number of rotatable bonds is 19. The number of unbranched alkanes of at least 4 members (excludes halogenated alkanes) is 1. The van der Waals surface area contributed by atoms with Gasteiger partial charge in [-0.3, -0.25) is 14.4 Å². The number of carbonyl (C=O) groups is 4. The lowest BCUT2D eigenvalue weighted by molar-refractivity contribution is -0.133. The summed E-state index contributed by atoms with van der Waals surface area (Å²) in [5.74, 6) is 0.938. The van der Waals surface area contributed by atoms with Gasteiger partial charge in [0.25, 0.3) is 5.91 Å². The lowest BCUT2D eigenvalue weighted by Crippen LogP contribution is -2.45. The molecular weight excluding hydrogens is 680 g/mol. The van der Waals surface area contributed by atoms with Crippen molar-refractivity contribution in [1.82, 2.24) is 30.4 Å². The number of amides is 3. The van der Waals surface area contributed by atoms with E-state index in [1.165, 1.54) is 25.0 Å². The number of H-pyrrole nitrogens is 1. The normalized spacial score (nSPS) is 12.2. The summed E-state index contributed by atoms with van der Waals surface area (Å²) in [6.07, 6.45) is 9.04. The van der Waals surface area contributed by atoms with E-state index in [1.54, 1.807) is 36.1 Å². The van der Waals surface area contributed by atoms with Crippen LogP contribution in [0.25, 0.3) is 12.2 Å². The van der Waals surface area contributed by atoms with Crippen LogP contribution in [-0.4, -0.2) is 88.3 Å². The molecule has 11 nitrogen and oxygen atoms in total. The first kappa shape index (κ1) is 48.0. The van der Waals surface area contributed by atoms with Crippen LogP contribution < -0.4 is 10.6 Å². The number of halogens is 1. The molecule has 1 heterocycles. The lowest BCUT2D eigenvalue weighted by atomic mass is 10.0. The highest BCUT2D eigenvalue weighted by Crippen LogP contribution is 2.23. The van der Waals surface area contributed by atoms with Crippen LogP contribution in [0.5, 0.6) is 0 Å². The predicted molar refractivity (Wildman–Crippen MR) is 215 cm³/mol. The van der Waals surface area contributed by atoms with Crippen molar-refractivity contribution in [2.24, 2.45) is 5.92 Å². The molecule has 0 aliphatic rings. The van der Waals surface area contributed by atoms with E-state index in [1.807, 2.05) is 32.9 Å². The molecule has 2 rings (SSSR count). The Kier molecular flexibility index (Phi) is 25.6. The standard InChI is InChI=1S/C30H40ClN5O5.C6H15N.C4H10/c1-5-7-16-36(21(4)18-32-30(40)41)27(38)11-8-10-26(28-33-24(9-6-2)25(34-28)14-15-31)35-29(39)22-12-13-23(19-37)20(3)17-22;1-4-6-7(3)5-2;1-4(2)3/h6,9,12-15,17,19,21,26,32H,5,7-8,10-11,16,18H2,1-4H3,(H,33,34)(H,35,39)(H,40,41);4-6H2,1-3H3;4H,1-3H3/b9-6-,15-14+;;. The van der Waals surface area contributed by atoms with Crippen molar-refractivity contribution >= 4 is 47.9 Å². The van der Waals surface area contributed by atoms with Crippen LogP contribution in [0, 0.1) is 12.8 Å². The maximum atomic E-state index is 13.2. The van der Waals surface area contributed by atoms with E-state index in [0.29, 0.717) is 47.6 Å². The molecule has 4 N–H and O–H groups in total. The van der Waals surface area contributed by atoms with Gasteiger partial charge in [0.15, 0.2) is 0 Å². The molecule has 0 fully saturated rings. The predicted octanol–water partition coefficient (Wildman–Crippen LogP) is 8.71.